The van der Waals surface area contributed by atoms with Crippen molar-refractivity contribution in [1.82, 2.24) is 0 Å². The van der Waals surface area contributed by atoms with Gasteiger partial charge in [-0.25, -0.2) is 4.42 Å². The Morgan fingerprint density at radius 2 is 1.26 bits per heavy atom. The van der Waals surface area contributed by atoms with Crippen molar-refractivity contribution in [2.45, 2.75) is 126 Å². The van der Waals surface area contributed by atoms with Gasteiger partial charge < -0.3 is 5.11 Å². The van der Waals surface area contributed by atoms with Crippen LogP contribution in [0.1, 0.15) is 132 Å². The SMILES string of the molecule is CC(C)(C)C1=CC(=CC2=C([O-])C(=C(c3cc(C(C)(C)C)[o+]c(C(C)(C)C)c3)C3CCCCC3)C2=O)C=C(C(C)(C)C)S1. The number of carbonyl (C=O) groups excluding carboxylic acids is 1. The van der Waals surface area contributed by atoms with Crippen LogP contribution in [0.25, 0.3) is 5.57 Å². The number of ketones is 1. The fraction of sp³-hybridized carbons (Fsp3) is 0.579. The summed E-state index contributed by atoms with van der Waals surface area (Å²) in [5.74, 6) is 1.73. The highest BCUT2D eigenvalue weighted by molar-refractivity contribution is 8.06. The highest BCUT2D eigenvalue weighted by Gasteiger charge is 2.38. The molecule has 1 fully saturated rings. The zero-order valence-corrected chi connectivity index (χ0v) is 28.9. The summed E-state index contributed by atoms with van der Waals surface area (Å²) < 4.78 is 6.44. The lowest BCUT2D eigenvalue weighted by molar-refractivity contribution is -0.300. The second kappa shape index (κ2) is 11.3. The molecule has 42 heavy (non-hydrogen) atoms. The molecule has 2 aliphatic carbocycles. The van der Waals surface area contributed by atoms with Gasteiger partial charge in [-0.15, -0.1) is 0 Å². The summed E-state index contributed by atoms with van der Waals surface area (Å²) in [5, 5.41) is 14.0. The first kappa shape index (κ1) is 32.6. The Labute approximate surface area is 259 Å². The predicted octanol–water partition coefficient (Wildman–Crippen LogP) is 10.2. The third kappa shape index (κ3) is 6.90. The summed E-state index contributed by atoms with van der Waals surface area (Å²) in [5.41, 5.74) is 3.08. The van der Waals surface area contributed by atoms with Crippen molar-refractivity contribution in [3.8, 4) is 0 Å². The molecule has 228 valence electrons. The van der Waals surface area contributed by atoms with Crippen LogP contribution in [-0.4, -0.2) is 5.78 Å². The minimum atomic E-state index is -0.207. The topological polar surface area (TPSA) is 51.4 Å². The van der Waals surface area contributed by atoms with E-state index >= 15 is 0 Å². The van der Waals surface area contributed by atoms with E-state index in [2.05, 4.69) is 107 Å². The first-order valence-corrected chi connectivity index (χ1v) is 16.5. The van der Waals surface area contributed by atoms with Crippen molar-refractivity contribution in [3.05, 3.63) is 79.7 Å². The standard InChI is InChI=1S/C38H52O3S/c1-35(2,3)27-21-25(22-28(41-27)36(4,5)6)31(24-16-14-13-15-17-24)32-33(39)26(34(32)40)18-23-19-29(37(7,8)9)42-30(20-23)38(10,11)12/h18-22,24H,13-17H2,1-12H3. The maximum Gasteiger partial charge on any atom is 0.335 e. The van der Waals surface area contributed by atoms with Gasteiger partial charge in [0.15, 0.2) is 5.78 Å². The Hall–Kier alpha value is -2.33. The molecule has 0 N–H and O–H groups in total. The highest BCUT2D eigenvalue weighted by Crippen LogP contribution is 2.50. The minimum absolute atomic E-state index is 0.0279. The monoisotopic (exact) mass is 588 g/mol. The van der Waals surface area contributed by atoms with Crippen LogP contribution in [0.4, 0.5) is 0 Å². The Balaban J connectivity index is 1.92. The number of hydrogen-bond acceptors (Lipinski definition) is 3. The number of Topliss-reactive ketones (excluding diaryl/α,β-unsaturated/α-hetero) is 1. The molecular formula is C38H52O3S. The van der Waals surface area contributed by atoms with Gasteiger partial charge in [-0.05, 0) is 116 Å². The molecule has 1 aliphatic heterocycles. The van der Waals surface area contributed by atoms with Gasteiger partial charge in [0.2, 0.25) is 0 Å². The molecule has 0 spiro atoms. The number of allylic oxidation sites excluding steroid dienone is 9. The van der Waals surface area contributed by atoms with Gasteiger partial charge >= 0.3 is 11.5 Å². The Morgan fingerprint density at radius 3 is 1.67 bits per heavy atom. The van der Waals surface area contributed by atoms with Crippen molar-refractivity contribution < 1.29 is 14.3 Å². The van der Waals surface area contributed by atoms with Crippen LogP contribution in [0.3, 0.4) is 0 Å². The molecule has 3 aliphatic rings. The zero-order valence-electron chi connectivity index (χ0n) is 28.1. The molecule has 4 heteroatoms. The molecule has 1 aromatic rings. The third-order valence-electron chi connectivity index (χ3n) is 8.41. The van der Waals surface area contributed by atoms with Gasteiger partial charge in [0.1, 0.15) is 0 Å². The number of thioether (sulfide) groups is 1. The molecule has 0 radical (unpaired) electrons. The summed E-state index contributed by atoms with van der Waals surface area (Å²) in [6, 6.07) is 4.19. The van der Waals surface area contributed by atoms with Crippen LogP contribution in [0.15, 0.2) is 67.1 Å². The third-order valence-corrected chi connectivity index (χ3v) is 10.3. The normalized spacial score (nSPS) is 20.8. The first-order chi connectivity index (χ1) is 19.2. The number of carbonyl (C=O) groups is 1. The maximum atomic E-state index is 14.0. The van der Waals surface area contributed by atoms with E-state index in [0.717, 1.165) is 53.9 Å². The Morgan fingerprint density at radius 1 is 0.786 bits per heavy atom. The van der Waals surface area contributed by atoms with Gasteiger partial charge in [0.05, 0.1) is 10.8 Å². The lowest BCUT2D eigenvalue weighted by Crippen LogP contribution is -2.32. The van der Waals surface area contributed by atoms with E-state index in [9.17, 15) is 9.90 Å². The molecule has 1 aromatic heterocycles. The fourth-order valence-electron chi connectivity index (χ4n) is 5.67. The lowest BCUT2D eigenvalue weighted by Gasteiger charge is -2.36. The van der Waals surface area contributed by atoms with E-state index in [1.807, 2.05) is 17.8 Å². The summed E-state index contributed by atoms with van der Waals surface area (Å²) in [7, 11) is 0. The molecule has 0 amide bonds. The van der Waals surface area contributed by atoms with Crippen molar-refractivity contribution in [2.24, 2.45) is 16.7 Å². The minimum Gasteiger partial charge on any atom is -0.871 e. The summed E-state index contributed by atoms with van der Waals surface area (Å²) in [6.45, 7) is 26.2. The van der Waals surface area contributed by atoms with E-state index in [1.165, 1.54) is 16.2 Å². The van der Waals surface area contributed by atoms with E-state index in [4.69, 9.17) is 4.42 Å². The lowest BCUT2D eigenvalue weighted by atomic mass is 9.72. The smallest absolute Gasteiger partial charge is 0.335 e. The van der Waals surface area contributed by atoms with Gasteiger partial charge in [-0.3, -0.25) is 4.79 Å². The van der Waals surface area contributed by atoms with Crippen LogP contribution in [-0.2, 0) is 15.6 Å². The quantitative estimate of drug-likeness (QED) is 0.260. The average molecular weight is 589 g/mol. The zero-order chi connectivity index (χ0) is 31.4. The molecular weight excluding hydrogens is 536 g/mol. The number of rotatable bonds is 3. The first-order valence-electron chi connectivity index (χ1n) is 15.7. The van der Waals surface area contributed by atoms with Crippen molar-refractivity contribution in [3.63, 3.8) is 0 Å². The molecule has 0 aromatic carbocycles. The van der Waals surface area contributed by atoms with Gasteiger partial charge in [0, 0.05) is 23.3 Å². The van der Waals surface area contributed by atoms with E-state index < -0.39 is 0 Å². The van der Waals surface area contributed by atoms with Crippen molar-refractivity contribution in [1.29, 1.82) is 0 Å². The predicted molar refractivity (Wildman–Crippen MR) is 177 cm³/mol. The summed E-state index contributed by atoms with van der Waals surface area (Å²) in [4.78, 5) is 16.5. The van der Waals surface area contributed by atoms with Crippen molar-refractivity contribution >= 4 is 23.1 Å². The van der Waals surface area contributed by atoms with Crippen LogP contribution in [0, 0.1) is 16.7 Å². The second-order valence-corrected chi connectivity index (χ2v) is 17.6. The van der Waals surface area contributed by atoms with E-state index in [1.54, 1.807) is 0 Å². The van der Waals surface area contributed by atoms with Crippen LogP contribution < -0.4 is 5.11 Å². The largest absolute Gasteiger partial charge is 0.871 e. The molecule has 2 heterocycles. The molecule has 0 saturated heterocycles. The molecule has 0 atom stereocenters. The molecule has 0 bridgehead atoms. The van der Waals surface area contributed by atoms with Gasteiger partial charge in [0.25, 0.3) is 0 Å². The van der Waals surface area contributed by atoms with Gasteiger partial charge in [-0.2, -0.15) is 0 Å². The Kier molecular flexibility index (Phi) is 8.77. The van der Waals surface area contributed by atoms with Crippen molar-refractivity contribution in [2.75, 3.05) is 0 Å². The van der Waals surface area contributed by atoms with E-state index in [0.29, 0.717) is 11.1 Å². The molecule has 4 rings (SSSR count). The second-order valence-electron chi connectivity index (χ2n) is 16.5. The van der Waals surface area contributed by atoms with Crippen LogP contribution in [0.5, 0.6) is 0 Å². The highest BCUT2D eigenvalue weighted by atomic mass is 32.2. The maximum absolute atomic E-state index is 14.0. The van der Waals surface area contributed by atoms with Crippen LogP contribution in [0.2, 0.25) is 0 Å². The molecule has 0 unspecified atom stereocenters. The van der Waals surface area contributed by atoms with Gasteiger partial charge in [-0.1, -0.05) is 78.3 Å². The average Bonchev–Trinajstić information content (AvgIpc) is 2.88. The van der Waals surface area contributed by atoms with E-state index in [-0.39, 0.29) is 39.1 Å². The van der Waals surface area contributed by atoms with Crippen LogP contribution >= 0.6 is 11.8 Å². The molecule has 3 nitrogen and oxygen atoms in total. The summed E-state index contributed by atoms with van der Waals surface area (Å²) in [6.07, 6.45) is 11.6. The Bertz CT molecular complexity index is 1350. The fourth-order valence-corrected chi connectivity index (χ4v) is 6.91. The molecule has 1 saturated carbocycles. The summed E-state index contributed by atoms with van der Waals surface area (Å²) >= 11 is 1.82. The number of hydrogen-bond donors (Lipinski definition) is 0.